The second-order valence-corrected chi connectivity index (χ2v) is 10.00. The molecule has 0 heterocycles. The highest BCUT2D eigenvalue weighted by atomic mass is 16.6. The third kappa shape index (κ3) is 12.1. The molecule has 1 aromatic carbocycles. The second kappa shape index (κ2) is 16.2. The Balaban J connectivity index is 3.15. The fraction of sp³-hybridized carbons (Fsp3) is 0.679. The van der Waals surface area contributed by atoms with Crippen molar-refractivity contribution in [2.24, 2.45) is 0 Å². The van der Waals surface area contributed by atoms with Crippen LogP contribution in [-0.2, 0) is 20.7 Å². The van der Waals surface area contributed by atoms with Gasteiger partial charge in [-0.25, -0.2) is 4.79 Å². The van der Waals surface area contributed by atoms with Crippen LogP contribution in [0.2, 0.25) is 0 Å². The molecule has 0 aliphatic carbocycles. The van der Waals surface area contributed by atoms with Crippen LogP contribution in [0.5, 0.6) is 0 Å². The van der Waals surface area contributed by atoms with Gasteiger partial charge in [0.05, 0.1) is 0 Å². The lowest BCUT2D eigenvalue weighted by molar-refractivity contribution is -0.140. The predicted octanol–water partition coefficient (Wildman–Crippen LogP) is 5.53. The predicted molar refractivity (Wildman–Crippen MR) is 141 cm³/mol. The van der Waals surface area contributed by atoms with E-state index in [4.69, 9.17) is 4.74 Å². The van der Waals surface area contributed by atoms with Crippen molar-refractivity contribution in [3.05, 3.63) is 35.4 Å². The van der Waals surface area contributed by atoms with Gasteiger partial charge in [0.1, 0.15) is 18.2 Å². The van der Waals surface area contributed by atoms with Crippen molar-refractivity contribution >= 4 is 17.9 Å². The zero-order valence-electron chi connectivity index (χ0n) is 22.7. The number of nitrogens with one attached hydrogen (secondary N) is 2. The van der Waals surface area contributed by atoms with Crippen LogP contribution in [0.1, 0.15) is 104 Å². The Morgan fingerprint density at radius 2 is 1.51 bits per heavy atom. The fourth-order valence-corrected chi connectivity index (χ4v) is 3.76. The summed E-state index contributed by atoms with van der Waals surface area (Å²) in [6.07, 6.45) is 7.15. The second-order valence-electron chi connectivity index (χ2n) is 10.00. The fourth-order valence-electron chi connectivity index (χ4n) is 3.76. The van der Waals surface area contributed by atoms with Crippen molar-refractivity contribution in [2.75, 3.05) is 19.6 Å². The zero-order chi connectivity index (χ0) is 26.3. The molecule has 1 unspecified atom stereocenters. The summed E-state index contributed by atoms with van der Waals surface area (Å²) in [5.41, 5.74) is 1.29. The third-order valence-corrected chi connectivity index (χ3v) is 5.70. The molecule has 0 saturated carbocycles. The first-order valence-corrected chi connectivity index (χ1v) is 13.3. The van der Waals surface area contributed by atoms with Gasteiger partial charge in [-0.05, 0) is 51.2 Å². The largest absolute Gasteiger partial charge is 0.444 e. The first-order valence-electron chi connectivity index (χ1n) is 13.3. The number of hydrogen-bond acceptors (Lipinski definition) is 4. The molecule has 0 aromatic heterocycles. The Hall–Kier alpha value is -2.57. The van der Waals surface area contributed by atoms with Gasteiger partial charge in [-0.2, -0.15) is 0 Å². The van der Waals surface area contributed by atoms with E-state index in [2.05, 4.69) is 31.4 Å². The summed E-state index contributed by atoms with van der Waals surface area (Å²) in [4.78, 5) is 40.5. The quantitative estimate of drug-likeness (QED) is 0.317. The highest BCUT2D eigenvalue weighted by Crippen LogP contribution is 2.23. The molecule has 35 heavy (non-hydrogen) atoms. The molecule has 0 bridgehead atoms. The smallest absolute Gasteiger partial charge is 0.408 e. The van der Waals surface area contributed by atoms with Gasteiger partial charge < -0.3 is 20.3 Å². The summed E-state index contributed by atoms with van der Waals surface area (Å²) in [5.74, 6) is -0.493. The number of rotatable bonds is 15. The SMILES string of the molecule is CCCCCCN(C(=O)CNC(=O)OC(C)(C)C)C(C(=O)NCCCCC)c1ccc(CC)cc1. The highest BCUT2D eigenvalue weighted by Gasteiger charge is 2.31. The first-order chi connectivity index (χ1) is 16.6. The molecule has 0 radical (unpaired) electrons. The van der Waals surface area contributed by atoms with Gasteiger partial charge in [0.2, 0.25) is 11.8 Å². The number of nitrogens with zero attached hydrogens (tertiary/aromatic N) is 1. The Bertz CT molecular complexity index is 771. The molecule has 0 aliphatic rings. The molecule has 0 aliphatic heterocycles. The molecule has 7 heteroatoms. The number of benzene rings is 1. The van der Waals surface area contributed by atoms with Gasteiger partial charge >= 0.3 is 6.09 Å². The third-order valence-electron chi connectivity index (χ3n) is 5.70. The van der Waals surface area contributed by atoms with E-state index in [1.807, 2.05) is 24.3 Å². The number of aryl methyl sites for hydroxylation is 1. The van der Waals surface area contributed by atoms with E-state index in [1.165, 1.54) is 5.56 Å². The maximum Gasteiger partial charge on any atom is 0.408 e. The van der Waals surface area contributed by atoms with E-state index < -0.39 is 17.7 Å². The van der Waals surface area contributed by atoms with Crippen LogP contribution < -0.4 is 10.6 Å². The topological polar surface area (TPSA) is 87.7 Å². The lowest BCUT2D eigenvalue weighted by Gasteiger charge is -2.32. The Labute approximate surface area is 212 Å². The van der Waals surface area contributed by atoms with Crippen molar-refractivity contribution in [3.8, 4) is 0 Å². The standard InChI is InChI=1S/C28H47N3O4/c1-7-10-12-14-20-31(24(32)21-30-27(34)35-28(4,5)6)25(26(33)29-19-13-11-8-2)23-17-15-22(9-3)16-18-23/h15-18,25H,7-14,19-21H2,1-6H3,(H,29,33)(H,30,34). The van der Waals surface area contributed by atoms with E-state index in [0.717, 1.165) is 56.9 Å². The summed E-state index contributed by atoms with van der Waals surface area (Å²) in [7, 11) is 0. The summed E-state index contributed by atoms with van der Waals surface area (Å²) in [6.45, 7) is 12.4. The molecule has 0 fully saturated rings. The van der Waals surface area contributed by atoms with Crippen molar-refractivity contribution in [1.82, 2.24) is 15.5 Å². The van der Waals surface area contributed by atoms with Gasteiger partial charge in [0.15, 0.2) is 0 Å². The summed E-state index contributed by atoms with van der Waals surface area (Å²) >= 11 is 0. The number of carbonyl (C=O) groups excluding carboxylic acids is 3. The molecule has 0 spiro atoms. The highest BCUT2D eigenvalue weighted by molar-refractivity contribution is 5.90. The van der Waals surface area contributed by atoms with Crippen LogP contribution in [0.25, 0.3) is 0 Å². The number of carbonyl (C=O) groups is 3. The van der Waals surface area contributed by atoms with Crippen LogP contribution in [-0.4, -0.2) is 48.0 Å². The Morgan fingerprint density at radius 1 is 0.886 bits per heavy atom. The molecule has 198 valence electrons. The van der Waals surface area contributed by atoms with Crippen molar-refractivity contribution in [1.29, 1.82) is 0 Å². The molecule has 1 aromatic rings. The molecule has 0 saturated heterocycles. The first kappa shape index (κ1) is 30.5. The molecule has 7 nitrogen and oxygen atoms in total. The minimum absolute atomic E-state index is 0.188. The molecule has 1 rings (SSSR count). The maximum atomic E-state index is 13.4. The summed E-state index contributed by atoms with van der Waals surface area (Å²) < 4.78 is 5.28. The van der Waals surface area contributed by atoms with Crippen molar-refractivity contribution < 1.29 is 19.1 Å². The summed E-state index contributed by atoms with van der Waals surface area (Å²) in [6, 6.07) is 7.12. The molecule has 3 amide bonds. The average molecular weight is 490 g/mol. The molecular formula is C28H47N3O4. The molecule has 1 atom stereocenters. The lowest BCUT2D eigenvalue weighted by Crippen LogP contribution is -2.48. The van der Waals surface area contributed by atoms with Gasteiger partial charge in [-0.1, -0.05) is 77.1 Å². The van der Waals surface area contributed by atoms with Crippen LogP contribution in [0.3, 0.4) is 0 Å². The number of alkyl carbamates (subject to hydrolysis) is 1. The van der Waals surface area contributed by atoms with E-state index in [1.54, 1.807) is 25.7 Å². The number of unbranched alkanes of at least 4 members (excludes halogenated alkanes) is 5. The van der Waals surface area contributed by atoms with Gasteiger partial charge in [-0.15, -0.1) is 0 Å². The number of hydrogen-bond donors (Lipinski definition) is 2. The minimum atomic E-state index is -0.753. The van der Waals surface area contributed by atoms with E-state index >= 15 is 0 Å². The van der Waals surface area contributed by atoms with E-state index in [-0.39, 0.29) is 18.4 Å². The Kier molecular flexibility index (Phi) is 14.1. The van der Waals surface area contributed by atoms with Gasteiger partial charge in [-0.3, -0.25) is 9.59 Å². The van der Waals surface area contributed by atoms with E-state index in [9.17, 15) is 14.4 Å². The zero-order valence-corrected chi connectivity index (χ0v) is 22.7. The molecular weight excluding hydrogens is 442 g/mol. The minimum Gasteiger partial charge on any atom is -0.444 e. The molecule has 2 N–H and O–H groups in total. The van der Waals surface area contributed by atoms with Crippen LogP contribution in [0.15, 0.2) is 24.3 Å². The maximum absolute atomic E-state index is 13.4. The van der Waals surface area contributed by atoms with Crippen LogP contribution >= 0.6 is 0 Å². The van der Waals surface area contributed by atoms with Gasteiger partial charge in [0, 0.05) is 13.1 Å². The van der Waals surface area contributed by atoms with Crippen LogP contribution in [0.4, 0.5) is 4.79 Å². The van der Waals surface area contributed by atoms with Crippen molar-refractivity contribution in [3.63, 3.8) is 0 Å². The van der Waals surface area contributed by atoms with E-state index in [0.29, 0.717) is 13.1 Å². The summed E-state index contributed by atoms with van der Waals surface area (Å²) in [5, 5.41) is 5.59. The normalized spacial score (nSPS) is 12.1. The number of amides is 3. The van der Waals surface area contributed by atoms with Gasteiger partial charge in [0.25, 0.3) is 0 Å². The lowest BCUT2D eigenvalue weighted by atomic mass is 10.0. The Morgan fingerprint density at radius 3 is 2.09 bits per heavy atom. The number of ether oxygens (including phenoxy) is 1. The average Bonchev–Trinajstić information content (AvgIpc) is 2.81. The van der Waals surface area contributed by atoms with Crippen molar-refractivity contribution in [2.45, 2.75) is 105 Å². The monoisotopic (exact) mass is 489 g/mol. The van der Waals surface area contributed by atoms with Crippen LogP contribution in [0, 0.1) is 0 Å².